The fraction of sp³-hybridized carbons (Fsp3) is 0.579. The molecule has 1 aliphatic rings. The summed E-state index contributed by atoms with van der Waals surface area (Å²) in [6.07, 6.45) is 1.84. The lowest BCUT2D eigenvalue weighted by molar-refractivity contribution is -0.126. The number of piperidine rings is 1. The third-order valence-electron chi connectivity index (χ3n) is 4.07. The largest absolute Gasteiger partial charge is 0.444 e. The van der Waals surface area contributed by atoms with Gasteiger partial charge in [0.1, 0.15) is 11.4 Å². The van der Waals surface area contributed by atoms with Crippen LogP contribution in [0.15, 0.2) is 24.3 Å². The molecular formula is C19H27FN2O3. The zero-order valence-corrected chi connectivity index (χ0v) is 15.2. The highest BCUT2D eigenvalue weighted by Gasteiger charge is 2.30. The van der Waals surface area contributed by atoms with Crippen molar-refractivity contribution in [2.45, 2.75) is 45.6 Å². The highest BCUT2D eigenvalue weighted by molar-refractivity contribution is 5.80. The van der Waals surface area contributed by atoms with Crippen molar-refractivity contribution in [3.05, 3.63) is 35.6 Å². The van der Waals surface area contributed by atoms with Crippen molar-refractivity contribution in [3.8, 4) is 0 Å². The maximum Gasteiger partial charge on any atom is 0.410 e. The molecule has 0 saturated carbocycles. The Labute approximate surface area is 148 Å². The van der Waals surface area contributed by atoms with Crippen molar-refractivity contribution in [1.29, 1.82) is 0 Å². The molecule has 0 aromatic heterocycles. The summed E-state index contributed by atoms with van der Waals surface area (Å²) in [4.78, 5) is 26.1. The van der Waals surface area contributed by atoms with Gasteiger partial charge in [0.2, 0.25) is 5.91 Å². The van der Waals surface area contributed by atoms with Gasteiger partial charge in [-0.3, -0.25) is 4.79 Å². The number of carbonyl (C=O) groups excluding carboxylic acids is 2. The Morgan fingerprint density at radius 1 is 1.28 bits per heavy atom. The molecule has 138 valence electrons. The number of halogens is 1. The van der Waals surface area contributed by atoms with Crippen LogP contribution in [0.5, 0.6) is 0 Å². The summed E-state index contributed by atoms with van der Waals surface area (Å²) in [6.45, 7) is 6.98. The predicted octanol–water partition coefficient (Wildman–Crippen LogP) is 3.13. The molecule has 5 nitrogen and oxygen atoms in total. The van der Waals surface area contributed by atoms with Crippen molar-refractivity contribution in [2.75, 3.05) is 19.6 Å². The zero-order chi connectivity index (χ0) is 18.4. The number of amides is 2. The first-order valence-corrected chi connectivity index (χ1v) is 8.75. The molecule has 1 unspecified atom stereocenters. The van der Waals surface area contributed by atoms with E-state index in [1.807, 2.05) is 20.8 Å². The molecule has 6 heteroatoms. The molecule has 1 fully saturated rings. The maximum atomic E-state index is 12.9. The van der Waals surface area contributed by atoms with Crippen molar-refractivity contribution >= 4 is 12.0 Å². The summed E-state index contributed by atoms with van der Waals surface area (Å²) in [6, 6.07) is 6.26. The van der Waals surface area contributed by atoms with Gasteiger partial charge in [0.25, 0.3) is 0 Å². The SMILES string of the molecule is CC(C)(C)OC(=O)N1CCCC(C(=O)NCCc2ccc(F)cc2)C1. The van der Waals surface area contributed by atoms with Crippen LogP contribution < -0.4 is 5.32 Å². The van der Waals surface area contributed by atoms with E-state index in [9.17, 15) is 14.0 Å². The summed E-state index contributed by atoms with van der Waals surface area (Å²) in [5.74, 6) is -0.526. The first-order chi connectivity index (χ1) is 11.7. The van der Waals surface area contributed by atoms with E-state index in [-0.39, 0.29) is 23.7 Å². The quantitative estimate of drug-likeness (QED) is 0.908. The molecule has 1 atom stereocenters. The van der Waals surface area contributed by atoms with E-state index in [4.69, 9.17) is 4.74 Å². The summed E-state index contributed by atoms with van der Waals surface area (Å²) in [5, 5.41) is 2.91. The van der Waals surface area contributed by atoms with Gasteiger partial charge in [0.15, 0.2) is 0 Å². The molecule has 0 spiro atoms. The number of hydrogen-bond acceptors (Lipinski definition) is 3. The Morgan fingerprint density at radius 2 is 1.96 bits per heavy atom. The third kappa shape index (κ3) is 6.36. The molecule has 25 heavy (non-hydrogen) atoms. The Kier molecular flexibility index (Phi) is 6.39. The number of nitrogens with one attached hydrogen (secondary N) is 1. The van der Waals surface area contributed by atoms with E-state index in [1.54, 1.807) is 17.0 Å². The van der Waals surface area contributed by atoms with Crippen LogP contribution in [-0.4, -0.2) is 42.1 Å². The minimum Gasteiger partial charge on any atom is -0.444 e. The van der Waals surface area contributed by atoms with E-state index in [2.05, 4.69) is 5.32 Å². The predicted molar refractivity (Wildman–Crippen MR) is 93.6 cm³/mol. The van der Waals surface area contributed by atoms with Gasteiger partial charge in [-0.15, -0.1) is 0 Å². The second-order valence-electron chi connectivity index (χ2n) is 7.43. The lowest BCUT2D eigenvalue weighted by Crippen LogP contribution is -2.47. The van der Waals surface area contributed by atoms with Crippen LogP contribution in [0, 0.1) is 11.7 Å². The smallest absolute Gasteiger partial charge is 0.410 e. The average Bonchev–Trinajstić information content (AvgIpc) is 2.55. The maximum absolute atomic E-state index is 12.9. The van der Waals surface area contributed by atoms with Gasteiger partial charge >= 0.3 is 6.09 Å². The fourth-order valence-electron chi connectivity index (χ4n) is 2.81. The number of ether oxygens (including phenoxy) is 1. The van der Waals surface area contributed by atoms with Gasteiger partial charge in [-0.2, -0.15) is 0 Å². The van der Waals surface area contributed by atoms with Crippen molar-refractivity contribution < 1.29 is 18.7 Å². The molecule has 1 aromatic rings. The van der Waals surface area contributed by atoms with E-state index in [0.717, 1.165) is 18.4 Å². The average molecular weight is 350 g/mol. The minimum absolute atomic E-state index is 0.0460. The number of nitrogens with zero attached hydrogens (tertiary/aromatic N) is 1. The Morgan fingerprint density at radius 3 is 2.60 bits per heavy atom. The van der Waals surface area contributed by atoms with E-state index in [0.29, 0.717) is 26.1 Å². The lowest BCUT2D eigenvalue weighted by atomic mass is 9.97. The molecule has 1 aromatic carbocycles. The molecule has 1 saturated heterocycles. The normalized spacial score (nSPS) is 17.9. The number of rotatable bonds is 4. The number of benzene rings is 1. The Hall–Kier alpha value is -2.11. The van der Waals surface area contributed by atoms with Gasteiger partial charge in [0.05, 0.1) is 5.92 Å². The molecular weight excluding hydrogens is 323 g/mol. The van der Waals surface area contributed by atoms with E-state index in [1.165, 1.54) is 12.1 Å². The monoisotopic (exact) mass is 350 g/mol. The molecule has 0 aliphatic carbocycles. The van der Waals surface area contributed by atoms with Crippen LogP contribution in [0.4, 0.5) is 9.18 Å². The van der Waals surface area contributed by atoms with Crippen LogP contribution >= 0.6 is 0 Å². The second kappa shape index (κ2) is 8.32. The van der Waals surface area contributed by atoms with Crippen molar-refractivity contribution in [3.63, 3.8) is 0 Å². The standard InChI is InChI=1S/C19H27FN2O3/c1-19(2,3)25-18(24)22-12-4-5-15(13-22)17(23)21-11-10-14-6-8-16(20)9-7-14/h6-9,15H,4-5,10-13H2,1-3H3,(H,21,23). The first kappa shape index (κ1) is 19.2. The lowest BCUT2D eigenvalue weighted by Gasteiger charge is -2.33. The van der Waals surface area contributed by atoms with E-state index < -0.39 is 5.60 Å². The summed E-state index contributed by atoms with van der Waals surface area (Å²) in [5.41, 5.74) is 0.433. The summed E-state index contributed by atoms with van der Waals surface area (Å²) in [7, 11) is 0. The summed E-state index contributed by atoms with van der Waals surface area (Å²) < 4.78 is 18.3. The minimum atomic E-state index is -0.540. The fourth-order valence-corrected chi connectivity index (χ4v) is 2.81. The van der Waals surface area contributed by atoms with Gasteiger partial charge in [-0.05, 0) is 57.7 Å². The highest BCUT2D eigenvalue weighted by atomic mass is 19.1. The van der Waals surface area contributed by atoms with E-state index >= 15 is 0 Å². The molecule has 0 radical (unpaired) electrons. The topological polar surface area (TPSA) is 58.6 Å². The highest BCUT2D eigenvalue weighted by Crippen LogP contribution is 2.19. The molecule has 2 rings (SSSR count). The molecule has 1 aliphatic heterocycles. The van der Waals surface area contributed by atoms with Gasteiger partial charge in [0, 0.05) is 19.6 Å². The number of likely N-dealkylation sites (tertiary alicyclic amines) is 1. The Balaban J connectivity index is 1.78. The van der Waals surface area contributed by atoms with Crippen LogP contribution in [-0.2, 0) is 16.0 Å². The zero-order valence-electron chi connectivity index (χ0n) is 15.2. The summed E-state index contributed by atoms with van der Waals surface area (Å²) >= 11 is 0. The van der Waals surface area contributed by atoms with Crippen molar-refractivity contribution in [2.24, 2.45) is 5.92 Å². The Bertz CT molecular complexity index is 596. The van der Waals surface area contributed by atoms with Crippen LogP contribution in [0.3, 0.4) is 0 Å². The van der Waals surface area contributed by atoms with Crippen LogP contribution in [0.25, 0.3) is 0 Å². The molecule has 1 heterocycles. The molecule has 2 amide bonds. The second-order valence-corrected chi connectivity index (χ2v) is 7.43. The van der Waals surface area contributed by atoms with Crippen LogP contribution in [0.2, 0.25) is 0 Å². The van der Waals surface area contributed by atoms with Gasteiger partial charge in [-0.25, -0.2) is 9.18 Å². The van der Waals surface area contributed by atoms with Gasteiger partial charge < -0.3 is 15.0 Å². The first-order valence-electron chi connectivity index (χ1n) is 8.75. The number of carbonyl (C=O) groups is 2. The number of hydrogen-bond donors (Lipinski definition) is 1. The third-order valence-corrected chi connectivity index (χ3v) is 4.07. The van der Waals surface area contributed by atoms with Crippen molar-refractivity contribution in [1.82, 2.24) is 10.2 Å². The molecule has 1 N–H and O–H groups in total. The van der Waals surface area contributed by atoms with Crippen LogP contribution in [0.1, 0.15) is 39.2 Å². The molecule has 0 bridgehead atoms. The van der Waals surface area contributed by atoms with Gasteiger partial charge in [-0.1, -0.05) is 12.1 Å².